The monoisotopic (exact) mass is 225 g/mol. The summed E-state index contributed by atoms with van der Waals surface area (Å²) in [5.41, 5.74) is 5.31. The highest BCUT2D eigenvalue weighted by Gasteiger charge is 2.19. The van der Waals surface area contributed by atoms with Crippen LogP contribution < -0.4 is 5.73 Å². The lowest BCUT2D eigenvalue weighted by atomic mass is 10.2. The molecule has 0 aliphatic carbocycles. The number of hydrogen-bond donors (Lipinski definition) is 1. The van der Waals surface area contributed by atoms with Gasteiger partial charge in [0.05, 0.1) is 5.56 Å². The smallest absolute Gasteiger partial charge is 0.257 e. The van der Waals surface area contributed by atoms with Crippen molar-refractivity contribution in [2.75, 3.05) is 18.8 Å². The fourth-order valence-corrected chi connectivity index (χ4v) is 1.47. The minimum absolute atomic E-state index is 0.0113. The number of amides is 1. The van der Waals surface area contributed by atoms with E-state index in [9.17, 15) is 9.18 Å². The molecule has 0 unspecified atom stereocenters. The summed E-state index contributed by atoms with van der Waals surface area (Å²) in [6, 6.07) is 1.35. The van der Waals surface area contributed by atoms with Gasteiger partial charge in [-0.3, -0.25) is 4.79 Å². The number of halogens is 1. The summed E-state index contributed by atoms with van der Waals surface area (Å²) in [4.78, 5) is 17.1. The topological polar surface area (TPSA) is 59.2 Å². The van der Waals surface area contributed by atoms with Crippen molar-refractivity contribution in [1.29, 1.82) is 0 Å². The molecular weight excluding hydrogens is 209 g/mol. The minimum atomic E-state index is -0.734. The molecular formula is C11H16FN3O. The van der Waals surface area contributed by atoms with E-state index < -0.39 is 5.82 Å². The van der Waals surface area contributed by atoms with E-state index in [0.29, 0.717) is 13.1 Å². The standard InChI is InChI=1S/C11H16FN3O/c1-3-7-15(4-2)11(16)8-5-6-14-10(13)9(8)12/h5-6H,3-4,7H2,1-2H3,(H2,13,14). The number of carbonyl (C=O) groups is 1. The molecule has 0 saturated heterocycles. The quantitative estimate of drug-likeness (QED) is 0.848. The third kappa shape index (κ3) is 2.48. The molecule has 1 aromatic heterocycles. The second kappa shape index (κ2) is 5.44. The molecule has 1 aromatic rings. The fourth-order valence-electron chi connectivity index (χ4n) is 1.47. The maximum absolute atomic E-state index is 13.6. The van der Waals surface area contributed by atoms with Gasteiger partial charge in [0.2, 0.25) is 0 Å². The molecule has 0 aliphatic rings. The molecule has 0 bridgehead atoms. The van der Waals surface area contributed by atoms with E-state index in [-0.39, 0.29) is 17.3 Å². The van der Waals surface area contributed by atoms with Crippen LogP contribution in [0.2, 0.25) is 0 Å². The van der Waals surface area contributed by atoms with Crippen LogP contribution >= 0.6 is 0 Å². The first-order valence-electron chi connectivity index (χ1n) is 5.31. The molecule has 1 heterocycles. The Kier molecular flexibility index (Phi) is 4.22. The van der Waals surface area contributed by atoms with Gasteiger partial charge in [-0.15, -0.1) is 0 Å². The van der Waals surface area contributed by atoms with Crippen molar-refractivity contribution in [3.05, 3.63) is 23.6 Å². The summed E-state index contributed by atoms with van der Waals surface area (Å²) in [5, 5.41) is 0. The first-order valence-corrected chi connectivity index (χ1v) is 5.31. The number of aromatic nitrogens is 1. The largest absolute Gasteiger partial charge is 0.381 e. The minimum Gasteiger partial charge on any atom is -0.381 e. The van der Waals surface area contributed by atoms with Crippen LogP contribution in [0.25, 0.3) is 0 Å². The van der Waals surface area contributed by atoms with Crippen LogP contribution in [-0.4, -0.2) is 28.9 Å². The van der Waals surface area contributed by atoms with Crippen LogP contribution in [0.4, 0.5) is 10.2 Å². The Hall–Kier alpha value is -1.65. The number of anilines is 1. The van der Waals surface area contributed by atoms with Gasteiger partial charge in [0.15, 0.2) is 11.6 Å². The second-order valence-electron chi connectivity index (χ2n) is 3.44. The fraction of sp³-hybridized carbons (Fsp3) is 0.455. The average Bonchev–Trinajstić information content (AvgIpc) is 2.29. The number of rotatable bonds is 4. The lowest BCUT2D eigenvalue weighted by molar-refractivity contribution is 0.0759. The highest BCUT2D eigenvalue weighted by Crippen LogP contribution is 2.14. The predicted octanol–water partition coefficient (Wildman–Crippen LogP) is 1.68. The van der Waals surface area contributed by atoms with Gasteiger partial charge >= 0.3 is 0 Å². The van der Waals surface area contributed by atoms with E-state index in [1.165, 1.54) is 12.3 Å². The molecule has 0 radical (unpaired) electrons. The molecule has 0 saturated carbocycles. The van der Waals surface area contributed by atoms with Gasteiger partial charge in [0.25, 0.3) is 5.91 Å². The zero-order valence-electron chi connectivity index (χ0n) is 9.53. The Morgan fingerprint density at radius 3 is 2.81 bits per heavy atom. The number of nitrogens with zero attached hydrogens (tertiary/aromatic N) is 2. The second-order valence-corrected chi connectivity index (χ2v) is 3.44. The highest BCUT2D eigenvalue weighted by atomic mass is 19.1. The maximum atomic E-state index is 13.6. The van der Waals surface area contributed by atoms with Crippen LogP contribution in [0.15, 0.2) is 12.3 Å². The summed E-state index contributed by atoms with van der Waals surface area (Å²) >= 11 is 0. The van der Waals surface area contributed by atoms with Crippen LogP contribution in [-0.2, 0) is 0 Å². The summed E-state index contributed by atoms with van der Waals surface area (Å²) in [6.07, 6.45) is 2.17. The van der Waals surface area contributed by atoms with E-state index in [0.717, 1.165) is 6.42 Å². The van der Waals surface area contributed by atoms with Gasteiger partial charge in [-0.05, 0) is 19.4 Å². The molecule has 0 aliphatic heterocycles. The van der Waals surface area contributed by atoms with Crippen molar-refractivity contribution < 1.29 is 9.18 Å². The number of hydrogen-bond acceptors (Lipinski definition) is 3. The number of carbonyl (C=O) groups excluding carboxylic acids is 1. The van der Waals surface area contributed by atoms with Gasteiger partial charge in [0, 0.05) is 19.3 Å². The Labute approximate surface area is 94.3 Å². The van der Waals surface area contributed by atoms with Crippen molar-refractivity contribution in [2.24, 2.45) is 0 Å². The van der Waals surface area contributed by atoms with Crippen molar-refractivity contribution in [2.45, 2.75) is 20.3 Å². The van der Waals surface area contributed by atoms with Gasteiger partial charge in [-0.1, -0.05) is 6.92 Å². The van der Waals surface area contributed by atoms with Crippen LogP contribution in [0.1, 0.15) is 30.6 Å². The molecule has 16 heavy (non-hydrogen) atoms. The highest BCUT2D eigenvalue weighted by molar-refractivity contribution is 5.95. The third-order valence-corrected chi connectivity index (χ3v) is 2.31. The van der Waals surface area contributed by atoms with Crippen molar-refractivity contribution >= 4 is 11.7 Å². The lowest BCUT2D eigenvalue weighted by Gasteiger charge is -2.20. The molecule has 0 atom stereocenters. The number of nitrogen functional groups attached to an aromatic ring is 1. The van der Waals surface area contributed by atoms with E-state index in [4.69, 9.17) is 5.73 Å². The molecule has 88 valence electrons. The van der Waals surface area contributed by atoms with Crippen LogP contribution in [0.5, 0.6) is 0 Å². The molecule has 1 amide bonds. The SMILES string of the molecule is CCCN(CC)C(=O)c1ccnc(N)c1F. The molecule has 4 nitrogen and oxygen atoms in total. The first-order chi connectivity index (χ1) is 7.61. The Morgan fingerprint density at radius 2 is 2.25 bits per heavy atom. The number of pyridine rings is 1. The molecule has 1 rings (SSSR count). The van der Waals surface area contributed by atoms with E-state index >= 15 is 0 Å². The third-order valence-electron chi connectivity index (χ3n) is 2.31. The van der Waals surface area contributed by atoms with Crippen LogP contribution in [0.3, 0.4) is 0 Å². The number of nitrogens with two attached hydrogens (primary N) is 1. The summed E-state index contributed by atoms with van der Waals surface area (Å²) < 4.78 is 13.6. The van der Waals surface area contributed by atoms with E-state index in [1.54, 1.807) is 4.90 Å². The summed E-state index contributed by atoms with van der Waals surface area (Å²) in [5.74, 6) is -1.31. The summed E-state index contributed by atoms with van der Waals surface area (Å²) in [7, 11) is 0. The Morgan fingerprint density at radius 1 is 1.56 bits per heavy atom. The zero-order chi connectivity index (χ0) is 12.1. The molecule has 0 fully saturated rings. The normalized spacial score (nSPS) is 10.2. The van der Waals surface area contributed by atoms with Crippen molar-refractivity contribution in [3.8, 4) is 0 Å². The Balaban J connectivity index is 2.99. The van der Waals surface area contributed by atoms with E-state index in [1.807, 2.05) is 13.8 Å². The van der Waals surface area contributed by atoms with Crippen LogP contribution in [0, 0.1) is 5.82 Å². The molecule has 5 heteroatoms. The maximum Gasteiger partial charge on any atom is 0.257 e. The Bertz CT molecular complexity index is 381. The zero-order valence-corrected chi connectivity index (χ0v) is 9.53. The van der Waals surface area contributed by atoms with Gasteiger partial charge < -0.3 is 10.6 Å². The lowest BCUT2D eigenvalue weighted by Crippen LogP contribution is -2.32. The van der Waals surface area contributed by atoms with Gasteiger partial charge in [-0.2, -0.15) is 0 Å². The van der Waals surface area contributed by atoms with Gasteiger partial charge in [-0.25, -0.2) is 9.37 Å². The first kappa shape index (κ1) is 12.4. The average molecular weight is 225 g/mol. The van der Waals surface area contributed by atoms with E-state index in [2.05, 4.69) is 4.98 Å². The van der Waals surface area contributed by atoms with Crippen molar-refractivity contribution in [3.63, 3.8) is 0 Å². The molecule has 0 aromatic carbocycles. The van der Waals surface area contributed by atoms with Crippen molar-refractivity contribution in [1.82, 2.24) is 9.88 Å². The molecule has 0 spiro atoms. The molecule has 2 N–H and O–H groups in total. The predicted molar refractivity (Wildman–Crippen MR) is 60.5 cm³/mol. The van der Waals surface area contributed by atoms with Gasteiger partial charge in [0.1, 0.15) is 0 Å². The summed E-state index contributed by atoms with van der Waals surface area (Å²) in [6.45, 7) is 4.98.